The quantitative estimate of drug-likeness (QED) is 0.479. The van der Waals surface area contributed by atoms with Gasteiger partial charge < -0.3 is 0 Å². The van der Waals surface area contributed by atoms with Gasteiger partial charge in [0.25, 0.3) is 0 Å². The highest BCUT2D eigenvalue weighted by atomic mass is 14.7. The van der Waals surface area contributed by atoms with Crippen molar-refractivity contribution in [1.29, 1.82) is 0 Å². The van der Waals surface area contributed by atoms with Gasteiger partial charge in [0, 0.05) is 11.4 Å². The second kappa shape index (κ2) is 9.33. The Labute approximate surface area is 159 Å². The first-order chi connectivity index (χ1) is 12.4. The van der Waals surface area contributed by atoms with Crippen molar-refractivity contribution in [1.82, 2.24) is 4.98 Å². The lowest BCUT2D eigenvalue weighted by molar-refractivity contribution is 0.888. The van der Waals surface area contributed by atoms with Gasteiger partial charge in [0.2, 0.25) is 0 Å². The first kappa shape index (κ1) is 19.9. The van der Waals surface area contributed by atoms with Gasteiger partial charge in [0.05, 0.1) is 0 Å². The van der Waals surface area contributed by atoms with Gasteiger partial charge in [-0.05, 0) is 74.4 Å². The van der Waals surface area contributed by atoms with Crippen LogP contribution in [0.25, 0.3) is 17.7 Å². The van der Waals surface area contributed by atoms with E-state index in [1.54, 1.807) is 0 Å². The molecular weight excluding hydrogens is 314 g/mol. The molecule has 136 valence electrons. The standard InChI is InChI=1S/C25H31N/c1-7-9-18(3)16-23(8-2)25-15-12-22(17-19(25)4)11-14-24-13-10-20(5)26-21(24)6/h8,10-15,17H,3,7,9,16H2,1-2,4-6H3/b14-11-,23-8-. The van der Waals surface area contributed by atoms with Gasteiger partial charge in [-0.15, -0.1) is 0 Å². The highest BCUT2D eigenvalue weighted by Crippen LogP contribution is 2.27. The van der Waals surface area contributed by atoms with Crippen molar-refractivity contribution >= 4 is 17.7 Å². The molecule has 1 aromatic carbocycles. The summed E-state index contributed by atoms with van der Waals surface area (Å²) in [5, 5.41) is 0. The van der Waals surface area contributed by atoms with Crippen molar-refractivity contribution in [2.45, 2.75) is 53.9 Å². The Morgan fingerprint density at radius 3 is 2.46 bits per heavy atom. The van der Waals surface area contributed by atoms with E-state index in [1.165, 1.54) is 33.4 Å². The molecule has 0 atom stereocenters. The van der Waals surface area contributed by atoms with Crippen molar-refractivity contribution in [3.8, 4) is 0 Å². The third kappa shape index (κ3) is 5.29. The molecule has 0 fully saturated rings. The van der Waals surface area contributed by atoms with Crippen molar-refractivity contribution in [2.24, 2.45) is 0 Å². The van der Waals surface area contributed by atoms with Crippen LogP contribution in [-0.4, -0.2) is 4.98 Å². The Hall–Kier alpha value is -2.41. The van der Waals surface area contributed by atoms with Gasteiger partial charge in [-0.25, -0.2) is 0 Å². The Balaban J connectivity index is 2.20. The van der Waals surface area contributed by atoms with Crippen LogP contribution in [0.1, 0.15) is 66.8 Å². The number of aromatic nitrogens is 1. The normalized spacial score (nSPS) is 12.0. The van der Waals surface area contributed by atoms with Gasteiger partial charge in [-0.1, -0.05) is 68.0 Å². The Bertz CT molecular complexity index is 837. The zero-order valence-electron chi connectivity index (χ0n) is 16.9. The molecule has 0 N–H and O–H groups in total. The molecule has 0 aliphatic rings. The molecule has 1 heteroatoms. The molecule has 1 nitrogen and oxygen atoms in total. The minimum Gasteiger partial charge on any atom is -0.258 e. The lowest BCUT2D eigenvalue weighted by atomic mass is 9.92. The summed E-state index contributed by atoms with van der Waals surface area (Å²) in [4.78, 5) is 4.53. The molecule has 0 radical (unpaired) electrons. The van der Waals surface area contributed by atoms with Crippen molar-refractivity contribution in [3.05, 3.63) is 82.2 Å². The summed E-state index contributed by atoms with van der Waals surface area (Å²) in [6.07, 6.45) is 9.76. The second-order valence-electron chi connectivity index (χ2n) is 7.03. The highest BCUT2D eigenvalue weighted by molar-refractivity contribution is 5.74. The number of rotatable bonds is 7. The van der Waals surface area contributed by atoms with E-state index in [2.05, 4.69) is 87.8 Å². The van der Waals surface area contributed by atoms with E-state index in [4.69, 9.17) is 0 Å². The summed E-state index contributed by atoms with van der Waals surface area (Å²) in [7, 11) is 0. The van der Waals surface area contributed by atoms with Crippen LogP contribution in [-0.2, 0) is 0 Å². The van der Waals surface area contributed by atoms with Gasteiger partial charge in [-0.2, -0.15) is 0 Å². The van der Waals surface area contributed by atoms with Crippen molar-refractivity contribution in [3.63, 3.8) is 0 Å². The van der Waals surface area contributed by atoms with Crippen LogP contribution in [0.5, 0.6) is 0 Å². The molecule has 0 saturated carbocycles. The molecule has 1 aromatic heterocycles. The number of hydrogen-bond acceptors (Lipinski definition) is 1. The maximum absolute atomic E-state index is 4.53. The van der Waals surface area contributed by atoms with E-state index in [1.807, 2.05) is 6.92 Å². The number of pyridine rings is 1. The fourth-order valence-electron chi connectivity index (χ4n) is 3.27. The number of aryl methyl sites for hydroxylation is 3. The molecule has 1 heterocycles. The van der Waals surface area contributed by atoms with E-state index >= 15 is 0 Å². The largest absolute Gasteiger partial charge is 0.258 e. The molecule has 2 aromatic rings. The van der Waals surface area contributed by atoms with Crippen LogP contribution in [0.3, 0.4) is 0 Å². The van der Waals surface area contributed by atoms with Gasteiger partial charge >= 0.3 is 0 Å². The van der Waals surface area contributed by atoms with Gasteiger partial charge in [0.1, 0.15) is 0 Å². The van der Waals surface area contributed by atoms with Crippen molar-refractivity contribution < 1.29 is 0 Å². The molecular formula is C25H31N. The zero-order chi connectivity index (χ0) is 19.1. The molecule has 26 heavy (non-hydrogen) atoms. The molecule has 0 aliphatic carbocycles. The summed E-state index contributed by atoms with van der Waals surface area (Å²) in [5.41, 5.74) is 9.83. The van der Waals surface area contributed by atoms with Crippen LogP contribution in [0, 0.1) is 20.8 Å². The van der Waals surface area contributed by atoms with Crippen LogP contribution >= 0.6 is 0 Å². The van der Waals surface area contributed by atoms with E-state index in [0.717, 1.165) is 30.7 Å². The number of allylic oxidation sites excluding steroid dienone is 3. The number of benzene rings is 1. The topological polar surface area (TPSA) is 12.9 Å². The molecule has 0 saturated heterocycles. The number of nitrogens with zero attached hydrogens (tertiary/aromatic N) is 1. The highest BCUT2D eigenvalue weighted by Gasteiger charge is 2.07. The van der Waals surface area contributed by atoms with E-state index in [9.17, 15) is 0 Å². The number of hydrogen-bond donors (Lipinski definition) is 0. The summed E-state index contributed by atoms with van der Waals surface area (Å²) in [6.45, 7) is 14.8. The van der Waals surface area contributed by atoms with Crippen LogP contribution < -0.4 is 0 Å². The fourth-order valence-corrected chi connectivity index (χ4v) is 3.27. The predicted octanol–water partition coefficient (Wildman–Crippen LogP) is 7.33. The van der Waals surface area contributed by atoms with Crippen molar-refractivity contribution in [2.75, 3.05) is 0 Å². The Morgan fingerprint density at radius 2 is 1.85 bits per heavy atom. The van der Waals surface area contributed by atoms with E-state index < -0.39 is 0 Å². The van der Waals surface area contributed by atoms with Gasteiger partial charge in [0.15, 0.2) is 0 Å². The minimum absolute atomic E-state index is 0.967. The minimum atomic E-state index is 0.967. The smallest absolute Gasteiger partial charge is 0.0448 e. The third-order valence-corrected chi connectivity index (χ3v) is 4.71. The summed E-state index contributed by atoms with van der Waals surface area (Å²) in [5.74, 6) is 0. The SMILES string of the molecule is C=C(CCC)C/C(=C/C)c1ccc(/C=C\c2ccc(C)nc2C)cc1C. The monoisotopic (exact) mass is 345 g/mol. The lowest BCUT2D eigenvalue weighted by Crippen LogP contribution is -1.92. The molecule has 0 aliphatic heterocycles. The molecule has 0 spiro atoms. The third-order valence-electron chi connectivity index (χ3n) is 4.71. The molecule has 0 unspecified atom stereocenters. The first-order valence-corrected chi connectivity index (χ1v) is 9.49. The summed E-state index contributed by atoms with van der Waals surface area (Å²) < 4.78 is 0. The molecule has 0 amide bonds. The second-order valence-corrected chi connectivity index (χ2v) is 7.03. The maximum atomic E-state index is 4.53. The van der Waals surface area contributed by atoms with Crippen LogP contribution in [0.4, 0.5) is 0 Å². The lowest BCUT2D eigenvalue weighted by Gasteiger charge is -2.13. The Kier molecular flexibility index (Phi) is 7.15. The average Bonchev–Trinajstić information content (AvgIpc) is 2.59. The van der Waals surface area contributed by atoms with Gasteiger partial charge in [-0.3, -0.25) is 4.98 Å². The zero-order valence-corrected chi connectivity index (χ0v) is 16.9. The first-order valence-electron chi connectivity index (χ1n) is 9.49. The predicted molar refractivity (Wildman–Crippen MR) is 116 cm³/mol. The van der Waals surface area contributed by atoms with Crippen LogP contribution in [0.2, 0.25) is 0 Å². The summed E-state index contributed by atoms with van der Waals surface area (Å²) in [6, 6.07) is 10.9. The Morgan fingerprint density at radius 1 is 1.08 bits per heavy atom. The van der Waals surface area contributed by atoms with Crippen LogP contribution in [0.15, 0.2) is 48.6 Å². The van der Waals surface area contributed by atoms with E-state index in [0.29, 0.717) is 0 Å². The maximum Gasteiger partial charge on any atom is 0.0448 e. The summed E-state index contributed by atoms with van der Waals surface area (Å²) >= 11 is 0. The molecule has 0 bridgehead atoms. The van der Waals surface area contributed by atoms with E-state index in [-0.39, 0.29) is 0 Å². The molecule has 2 rings (SSSR count). The average molecular weight is 346 g/mol. The fraction of sp³-hybridized carbons (Fsp3) is 0.320.